The molecule has 1 saturated carbocycles. The Hall–Kier alpha value is -2.92. The predicted molar refractivity (Wildman–Crippen MR) is 105 cm³/mol. The number of anilines is 2. The van der Waals surface area contributed by atoms with Gasteiger partial charge in [-0.2, -0.15) is 0 Å². The topological polar surface area (TPSA) is 64.5 Å². The molecule has 4 heteroatoms. The molecule has 0 spiro atoms. The summed E-state index contributed by atoms with van der Waals surface area (Å²) in [6.45, 7) is 0. The quantitative estimate of drug-likeness (QED) is 0.642. The van der Waals surface area contributed by atoms with Crippen molar-refractivity contribution in [1.29, 1.82) is 0 Å². The van der Waals surface area contributed by atoms with Crippen molar-refractivity contribution in [3.05, 3.63) is 59.7 Å². The summed E-state index contributed by atoms with van der Waals surface area (Å²) in [5.74, 6) is 5.18. The molecule has 0 radical (unpaired) electrons. The molecule has 26 heavy (non-hydrogen) atoms. The van der Waals surface area contributed by atoms with E-state index in [0.717, 1.165) is 22.5 Å². The third-order valence-corrected chi connectivity index (χ3v) is 4.68. The van der Waals surface area contributed by atoms with Crippen molar-refractivity contribution in [2.24, 2.45) is 0 Å². The Kier molecular flexibility index (Phi) is 5.49. The molecule has 0 heterocycles. The molecule has 0 aromatic heterocycles. The molecule has 0 aliphatic heterocycles. The maximum Gasteiger partial charge on any atom is 0.0762 e. The monoisotopic (exact) mass is 346 g/mol. The number of nitrogens with one attached hydrogen (secondary N) is 2. The number of terminal acetylenes is 2. The van der Waals surface area contributed by atoms with E-state index >= 15 is 0 Å². The van der Waals surface area contributed by atoms with Crippen LogP contribution >= 0.6 is 0 Å². The Bertz CT molecular complexity index is 778. The lowest BCUT2D eigenvalue weighted by Crippen LogP contribution is -2.51. The Labute approximate surface area is 154 Å². The van der Waals surface area contributed by atoms with Crippen LogP contribution in [0.5, 0.6) is 0 Å². The molecule has 2 aromatic carbocycles. The van der Waals surface area contributed by atoms with Crippen LogP contribution in [0.2, 0.25) is 0 Å². The van der Waals surface area contributed by atoms with Gasteiger partial charge in [-0.15, -0.1) is 12.8 Å². The predicted octanol–water partition coefficient (Wildman–Crippen LogP) is 2.43. The van der Waals surface area contributed by atoms with E-state index in [4.69, 9.17) is 12.8 Å². The molecule has 0 unspecified atom stereocenters. The van der Waals surface area contributed by atoms with Gasteiger partial charge in [-0.05, 0) is 49.2 Å². The van der Waals surface area contributed by atoms with Crippen molar-refractivity contribution in [2.45, 2.75) is 37.1 Å². The Morgan fingerprint density at radius 2 is 1.19 bits per heavy atom. The lowest BCUT2D eigenvalue weighted by Gasteiger charge is -2.38. The highest BCUT2D eigenvalue weighted by molar-refractivity contribution is 5.52. The highest BCUT2D eigenvalue weighted by Gasteiger charge is 2.35. The molecule has 0 amide bonds. The normalized spacial score (nSPS) is 24.9. The molecule has 0 bridgehead atoms. The first kappa shape index (κ1) is 17.9. The molecular formula is C22H22N2O2. The molecule has 4 N–H and O–H groups in total. The van der Waals surface area contributed by atoms with Gasteiger partial charge in [0.25, 0.3) is 0 Å². The van der Waals surface area contributed by atoms with Crippen molar-refractivity contribution >= 4 is 11.4 Å². The molecule has 132 valence electrons. The smallest absolute Gasteiger partial charge is 0.0762 e. The third kappa shape index (κ3) is 4.18. The number of aliphatic hydroxyl groups is 2. The van der Waals surface area contributed by atoms with Crippen LogP contribution in [0.3, 0.4) is 0 Å². The number of rotatable bonds is 4. The van der Waals surface area contributed by atoms with Crippen LogP contribution in [0.4, 0.5) is 11.4 Å². The zero-order valence-corrected chi connectivity index (χ0v) is 14.4. The van der Waals surface area contributed by atoms with Gasteiger partial charge in [0.1, 0.15) is 0 Å². The van der Waals surface area contributed by atoms with Crippen molar-refractivity contribution < 1.29 is 10.2 Å². The highest BCUT2D eigenvalue weighted by atomic mass is 16.3. The summed E-state index contributed by atoms with van der Waals surface area (Å²) < 4.78 is 0. The van der Waals surface area contributed by atoms with Crippen LogP contribution in [-0.2, 0) is 0 Å². The fourth-order valence-corrected chi connectivity index (χ4v) is 3.30. The van der Waals surface area contributed by atoms with Crippen LogP contribution in [0, 0.1) is 24.7 Å². The zero-order valence-electron chi connectivity index (χ0n) is 14.4. The van der Waals surface area contributed by atoms with E-state index in [1.807, 2.05) is 48.5 Å². The van der Waals surface area contributed by atoms with Crippen molar-refractivity contribution in [1.82, 2.24) is 0 Å². The number of benzene rings is 2. The molecule has 1 aliphatic carbocycles. The number of aliphatic hydroxyl groups excluding tert-OH is 2. The molecule has 4 nitrogen and oxygen atoms in total. The van der Waals surface area contributed by atoms with Gasteiger partial charge in [-0.25, -0.2) is 0 Å². The standard InChI is InChI=1S/C22H22N2O2/c1-3-15-7-5-9-17(11-15)23-19-13-22(26)20(14-21(19)25)24-18-10-6-8-16(4-2)12-18/h1-2,5-12,19-26H,13-14H2/t19-,20+,21-,22+. The Morgan fingerprint density at radius 3 is 1.58 bits per heavy atom. The lowest BCUT2D eigenvalue weighted by atomic mass is 9.86. The summed E-state index contributed by atoms with van der Waals surface area (Å²) in [4.78, 5) is 0. The number of hydrogen-bond donors (Lipinski definition) is 4. The van der Waals surface area contributed by atoms with Gasteiger partial charge in [0.05, 0.1) is 24.3 Å². The molecule has 1 aliphatic rings. The van der Waals surface area contributed by atoms with E-state index in [0.29, 0.717) is 12.8 Å². The van der Waals surface area contributed by atoms with Gasteiger partial charge in [0.2, 0.25) is 0 Å². The van der Waals surface area contributed by atoms with E-state index in [1.54, 1.807) is 0 Å². The minimum atomic E-state index is -0.596. The van der Waals surface area contributed by atoms with Crippen molar-refractivity contribution in [3.63, 3.8) is 0 Å². The van der Waals surface area contributed by atoms with E-state index in [-0.39, 0.29) is 12.1 Å². The van der Waals surface area contributed by atoms with Crippen LogP contribution in [0.15, 0.2) is 48.5 Å². The molecule has 0 saturated heterocycles. The van der Waals surface area contributed by atoms with Crippen LogP contribution in [0.25, 0.3) is 0 Å². The van der Waals surface area contributed by atoms with E-state index < -0.39 is 12.2 Å². The van der Waals surface area contributed by atoms with Gasteiger partial charge in [0.15, 0.2) is 0 Å². The van der Waals surface area contributed by atoms with Crippen LogP contribution in [-0.4, -0.2) is 34.5 Å². The second kappa shape index (κ2) is 7.97. The first-order valence-corrected chi connectivity index (χ1v) is 8.61. The van der Waals surface area contributed by atoms with Crippen molar-refractivity contribution in [2.75, 3.05) is 10.6 Å². The third-order valence-electron chi connectivity index (χ3n) is 4.68. The Balaban J connectivity index is 1.65. The maximum absolute atomic E-state index is 10.5. The number of hydrogen-bond acceptors (Lipinski definition) is 4. The van der Waals surface area contributed by atoms with E-state index in [9.17, 15) is 10.2 Å². The molecule has 2 aromatic rings. The summed E-state index contributed by atoms with van der Waals surface area (Å²) in [5, 5.41) is 27.6. The summed E-state index contributed by atoms with van der Waals surface area (Å²) in [5.41, 5.74) is 3.22. The van der Waals surface area contributed by atoms with Gasteiger partial charge < -0.3 is 20.8 Å². The van der Waals surface area contributed by atoms with Gasteiger partial charge >= 0.3 is 0 Å². The molecule has 3 rings (SSSR count). The minimum Gasteiger partial charge on any atom is -0.391 e. The van der Waals surface area contributed by atoms with Gasteiger partial charge in [-0.3, -0.25) is 0 Å². The van der Waals surface area contributed by atoms with Crippen LogP contribution < -0.4 is 10.6 Å². The summed E-state index contributed by atoms with van der Waals surface area (Å²) in [7, 11) is 0. The van der Waals surface area contributed by atoms with Crippen molar-refractivity contribution in [3.8, 4) is 24.7 Å². The second-order valence-corrected chi connectivity index (χ2v) is 6.56. The first-order valence-electron chi connectivity index (χ1n) is 8.61. The molecular weight excluding hydrogens is 324 g/mol. The summed E-state index contributed by atoms with van der Waals surface area (Å²) >= 11 is 0. The van der Waals surface area contributed by atoms with E-state index in [2.05, 4.69) is 22.5 Å². The molecule has 1 fully saturated rings. The van der Waals surface area contributed by atoms with Gasteiger partial charge in [0, 0.05) is 22.5 Å². The molecule has 4 atom stereocenters. The zero-order chi connectivity index (χ0) is 18.5. The van der Waals surface area contributed by atoms with Gasteiger partial charge in [-0.1, -0.05) is 24.0 Å². The fourth-order valence-electron chi connectivity index (χ4n) is 3.30. The second-order valence-electron chi connectivity index (χ2n) is 6.56. The minimum absolute atomic E-state index is 0.242. The summed E-state index contributed by atoms with van der Waals surface area (Å²) in [6.07, 6.45) is 10.5. The maximum atomic E-state index is 10.5. The lowest BCUT2D eigenvalue weighted by molar-refractivity contribution is 0.0342. The SMILES string of the molecule is C#Cc1cccc(N[C@H]2C[C@@H](O)[C@H](Nc3cccc(C#C)c3)C[C@@H]2O)c1. The Morgan fingerprint density at radius 1 is 0.769 bits per heavy atom. The average Bonchev–Trinajstić information content (AvgIpc) is 2.66. The summed E-state index contributed by atoms with van der Waals surface area (Å²) in [6, 6.07) is 14.5. The fraction of sp³-hybridized carbons (Fsp3) is 0.273. The van der Waals surface area contributed by atoms with E-state index in [1.165, 1.54) is 0 Å². The van der Waals surface area contributed by atoms with Crippen LogP contribution in [0.1, 0.15) is 24.0 Å². The average molecular weight is 346 g/mol. The largest absolute Gasteiger partial charge is 0.391 e. The first-order chi connectivity index (χ1) is 12.6. The highest BCUT2D eigenvalue weighted by Crippen LogP contribution is 2.26.